The average molecular weight is 337 g/mol. The summed E-state index contributed by atoms with van der Waals surface area (Å²) in [6, 6.07) is 8.17. The first-order valence-electron chi connectivity index (χ1n) is 8.00. The van der Waals surface area contributed by atoms with Crippen molar-refractivity contribution in [1.82, 2.24) is 5.32 Å². The molecular weight excluding hydrogens is 314 g/mol. The van der Waals surface area contributed by atoms with Gasteiger partial charge in [0.25, 0.3) is 5.91 Å². The van der Waals surface area contributed by atoms with E-state index >= 15 is 0 Å². The number of hydrogen-bond acceptors (Lipinski definition) is 6. The molecule has 0 saturated heterocycles. The van der Waals surface area contributed by atoms with Gasteiger partial charge in [0.15, 0.2) is 0 Å². The molecule has 0 unspecified atom stereocenters. The maximum absolute atomic E-state index is 12.1. The molecular formula is C17H23NO6. The van der Waals surface area contributed by atoms with Crippen LogP contribution in [-0.4, -0.2) is 57.7 Å². The standard InChI is InChI=1S/C17H23NO6/c1-2-8-18-16(22)17(23)9-12(19)14(20)13(10-17)24-15(21)11-6-4-3-5-7-11/h3-7,12-14,19-20,23H,2,8-10H2,1H3,(H,18,22)/t12-,13-,14-,17+/m1/s1. The number of nitrogens with one attached hydrogen (secondary N) is 1. The number of aliphatic hydroxyl groups excluding tert-OH is 2. The minimum Gasteiger partial charge on any atom is -0.456 e. The summed E-state index contributed by atoms with van der Waals surface area (Å²) in [4.78, 5) is 24.3. The Kier molecular flexibility index (Phi) is 5.93. The number of ether oxygens (including phenoxy) is 1. The van der Waals surface area contributed by atoms with Crippen LogP contribution in [0.25, 0.3) is 0 Å². The minimum absolute atomic E-state index is 0.278. The van der Waals surface area contributed by atoms with Crippen molar-refractivity contribution >= 4 is 11.9 Å². The van der Waals surface area contributed by atoms with Gasteiger partial charge in [-0.05, 0) is 18.6 Å². The first kappa shape index (κ1) is 18.4. The van der Waals surface area contributed by atoms with Gasteiger partial charge in [-0.3, -0.25) is 4.79 Å². The van der Waals surface area contributed by atoms with Crippen LogP contribution in [0.3, 0.4) is 0 Å². The summed E-state index contributed by atoms with van der Waals surface area (Å²) in [5.74, 6) is -1.33. The Bertz CT molecular complexity index is 578. The average Bonchev–Trinajstić information content (AvgIpc) is 2.57. The molecule has 1 aromatic carbocycles. The van der Waals surface area contributed by atoms with Gasteiger partial charge in [-0.25, -0.2) is 4.79 Å². The highest BCUT2D eigenvalue weighted by atomic mass is 16.6. The zero-order valence-electron chi connectivity index (χ0n) is 13.5. The van der Waals surface area contributed by atoms with Crippen molar-refractivity contribution in [1.29, 1.82) is 0 Å². The number of carbonyl (C=O) groups is 2. The van der Waals surface area contributed by atoms with E-state index in [0.717, 1.165) is 0 Å². The zero-order chi connectivity index (χ0) is 17.7. The highest BCUT2D eigenvalue weighted by Gasteiger charge is 2.50. The molecule has 7 nitrogen and oxygen atoms in total. The highest BCUT2D eigenvalue weighted by molar-refractivity contribution is 5.89. The summed E-state index contributed by atoms with van der Waals surface area (Å²) in [6.45, 7) is 2.25. The predicted octanol–water partition coefficient (Wildman–Crippen LogP) is -0.0151. The lowest BCUT2D eigenvalue weighted by Crippen LogP contribution is -2.59. The van der Waals surface area contributed by atoms with Crippen LogP contribution in [0.4, 0.5) is 0 Å². The van der Waals surface area contributed by atoms with Crippen molar-refractivity contribution in [2.45, 2.75) is 50.1 Å². The molecule has 1 aliphatic carbocycles. The van der Waals surface area contributed by atoms with Crippen molar-refractivity contribution in [2.75, 3.05) is 6.54 Å². The maximum Gasteiger partial charge on any atom is 0.338 e. The number of amides is 1. The van der Waals surface area contributed by atoms with Gasteiger partial charge in [-0.15, -0.1) is 0 Å². The van der Waals surface area contributed by atoms with Gasteiger partial charge < -0.3 is 25.4 Å². The second-order valence-corrected chi connectivity index (χ2v) is 6.06. The van der Waals surface area contributed by atoms with E-state index in [0.29, 0.717) is 13.0 Å². The van der Waals surface area contributed by atoms with Crippen molar-refractivity contribution in [3.63, 3.8) is 0 Å². The molecule has 7 heteroatoms. The van der Waals surface area contributed by atoms with E-state index < -0.39 is 35.8 Å². The Morgan fingerprint density at radius 2 is 1.92 bits per heavy atom. The van der Waals surface area contributed by atoms with E-state index in [2.05, 4.69) is 5.32 Å². The van der Waals surface area contributed by atoms with Crippen molar-refractivity contribution < 1.29 is 29.6 Å². The number of benzene rings is 1. The van der Waals surface area contributed by atoms with E-state index in [9.17, 15) is 24.9 Å². The Morgan fingerprint density at radius 3 is 2.54 bits per heavy atom. The third-order valence-corrected chi connectivity index (χ3v) is 4.09. The van der Waals surface area contributed by atoms with E-state index in [-0.39, 0.29) is 18.4 Å². The van der Waals surface area contributed by atoms with Gasteiger partial charge in [0, 0.05) is 19.4 Å². The second-order valence-electron chi connectivity index (χ2n) is 6.06. The fourth-order valence-electron chi connectivity index (χ4n) is 2.73. The van der Waals surface area contributed by atoms with Gasteiger partial charge in [0.05, 0.1) is 11.7 Å². The number of rotatable bonds is 5. The van der Waals surface area contributed by atoms with Crippen molar-refractivity contribution in [2.24, 2.45) is 0 Å². The van der Waals surface area contributed by atoms with Crippen LogP contribution >= 0.6 is 0 Å². The van der Waals surface area contributed by atoms with Crippen LogP contribution in [0.15, 0.2) is 30.3 Å². The molecule has 4 atom stereocenters. The molecule has 132 valence electrons. The van der Waals surface area contributed by atoms with Gasteiger partial charge in [0.2, 0.25) is 0 Å². The molecule has 0 aromatic heterocycles. The van der Waals surface area contributed by atoms with Crippen molar-refractivity contribution in [3.8, 4) is 0 Å². The van der Waals surface area contributed by atoms with Crippen LogP contribution < -0.4 is 5.32 Å². The van der Waals surface area contributed by atoms with E-state index in [1.165, 1.54) is 0 Å². The lowest BCUT2D eigenvalue weighted by Gasteiger charge is -2.40. The topological polar surface area (TPSA) is 116 Å². The summed E-state index contributed by atoms with van der Waals surface area (Å²) in [5, 5.41) is 33.1. The summed E-state index contributed by atoms with van der Waals surface area (Å²) >= 11 is 0. The van der Waals surface area contributed by atoms with E-state index in [1.807, 2.05) is 6.92 Å². The lowest BCUT2D eigenvalue weighted by atomic mass is 9.79. The molecule has 24 heavy (non-hydrogen) atoms. The first-order valence-corrected chi connectivity index (χ1v) is 8.00. The molecule has 1 aliphatic rings. The van der Waals surface area contributed by atoms with Crippen LogP contribution in [-0.2, 0) is 9.53 Å². The number of carbonyl (C=O) groups excluding carboxylic acids is 2. The first-order chi connectivity index (χ1) is 11.4. The third-order valence-electron chi connectivity index (χ3n) is 4.09. The summed E-state index contributed by atoms with van der Waals surface area (Å²) in [7, 11) is 0. The fraction of sp³-hybridized carbons (Fsp3) is 0.529. The Balaban J connectivity index is 2.10. The lowest BCUT2D eigenvalue weighted by molar-refractivity contribution is -0.173. The maximum atomic E-state index is 12.1. The molecule has 2 rings (SSSR count). The van der Waals surface area contributed by atoms with E-state index in [4.69, 9.17) is 4.74 Å². The quantitative estimate of drug-likeness (QED) is 0.562. The molecule has 0 radical (unpaired) electrons. The number of aliphatic hydroxyl groups is 3. The smallest absolute Gasteiger partial charge is 0.338 e. The van der Waals surface area contributed by atoms with Crippen LogP contribution in [0.2, 0.25) is 0 Å². The highest BCUT2D eigenvalue weighted by Crippen LogP contribution is 2.31. The second kappa shape index (κ2) is 7.74. The van der Waals surface area contributed by atoms with Crippen LogP contribution in [0, 0.1) is 0 Å². The van der Waals surface area contributed by atoms with Crippen LogP contribution in [0.1, 0.15) is 36.5 Å². The van der Waals surface area contributed by atoms with Crippen LogP contribution in [0.5, 0.6) is 0 Å². The SMILES string of the molecule is CCCNC(=O)[C@]1(O)C[C@@H](O)[C@@H](O)[C@H](OC(=O)c2ccccc2)C1. The molecule has 0 bridgehead atoms. The molecule has 4 N–H and O–H groups in total. The molecule has 1 aromatic rings. The molecule has 0 aliphatic heterocycles. The summed E-state index contributed by atoms with van der Waals surface area (Å²) < 4.78 is 5.22. The predicted molar refractivity (Wildman–Crippen MR) is 85.1 cm³/mol. The molecule has 1 fully saturated rings. The Morgan fingerprint density at radius 1 is 1.25 bits per heavy atom. The van der Waals surface area contributed by atoms with Gasteiger partial charge in [-0.1, -0.05) is 25.1 Å². The Labute approximate surface area is 140 Å². The van der Waals surface area contributed by atoms with E-state index in [1.54, 1.807) is 30.3 Å². The van der Waals surface area contributed by atoms with Gasteiger partial charge in [-0.2, -0.15) is 0 Å². The van der Waals surface area contributed by atoms with Gasteiger partial charge in [0.1, 0.15) is 17.8 Å². The summed E-state index contributed by atoms with van der Waals surface area (Å²) in [5.41, 5.74) is -1.61. The zero-order valence-corrected chi connectivity index (χ0v) is 13.5. The molecule has 1 amide bonds. The number of hydrogen-bond donors (Lipinski definition) is 4. The third kappa shape index (κ3) is 4.11. The molecule has 1 saturated carbocycles. The van der Waals surface area contributed by atoms with Gasteiger partial charge >= 0.3 is 5.97 Å². The number of esters is 1. The Hall–Kier alpha value is -1.96. The van der Waals surface area contributed by atoms with Crippen molar-refractivity contribution in [3.05, 3.63) is 35.9 Å². The monoisotopic (exact) mass is 337 g/mol. The summed E-state index contributed by atoms with van der Waals surface area (Å²) in [6.07, 6.45) is -3.82. The fourth-order valence-corrected chi connectivity index (χ4v) is 2.73. The minimum atomic E-state index is -1.89. The normalized spacial score (nSPS) is 29.8. The largest absolute Gasteiger partial charge is 0.456 e. The molecule has 0 spiro atoms. The molecule has 0 heterocycles.